The highest BCUT2D eigenvalue weighted by Gasteiger charge is 2.14. The second-order valence-electron chi connectivity index (χ2n) is 3.50. The Bertz CT molecular complexity index is 580. The fourth-order valence-corrected chi connectivity index (χ4v) is 1.71. The molecule has 0 aliphatic carbocycles. The summed E-state index contributed by atoms with van der Waals surface area (Å²) in [4.78, 5) is 11.3. The molecule has 0 saturated carbocycles. The van der Waals surface area contributed by atoms with E-state index < -0.39 is 5.97 Å². The van der Waals surface area contributed by atoms with E-state index in [9.17, 15) is 4.79 Å². The lowest BCUT2D eigenvalue weighted by Crippen LogP contribution is -2.00. The van der Waals surface area contributed by atoms with E-state index in [2.05, 4.69) is 14.9 Å². The van der Waals surface area contributed by atoms with Crippen LogP contribution in [0.2, 0.25) is 5.02 Å². The molecule has 0 unspecified atom stereocenters. The minimum atomic E-state index is -0.471. The number of nitrogens with zero attached hydrogens (tertiary/aromatic N) is 1. The van der Waals surface area contributed by atoms with Crippen LogP contribution in [0.15, 0.2) is 24.3 Å². The number of methoxy groups -OCH3 is 2. The number of benzene rings is 1. The Morgan fingerprint density at radius 1 is 1.33 bits per heavy atom. The van der Waals surface area contributed by atoms with Crippen molar-refractivity contribution in [3.63, 3.8) is 0 Å². The first-order valence-electron chi connectivity index (χ1n) is 5.13. The van der Waals surface area contributed by atoms with Crippen molar-refractivity contribution in [1.29, 1.82) is 0 Å². The van der Waals surface area contributed by atoms with Gasteiger partial charge in [-0.25, -0.2) is 4.79 Å². The second kappa shape index (κ2) is 5.10. The van der Waals surface area contributed by atoms with Gasteiger partial charge in [-0.05, 0) is 24.3 Å². The Labute approximate surface area is 109 Å². The van der Waals surface area contributed by atoms with Crippen molar-refractivity contribution in [3.8, 4) is 17.0 Å². The van der Waals surface area contributed by atoms with Crippen LogP contribution < -0.4 is 4.74 Å². The molecule has 2 aromatic rings. The van der Waals surface area contributed by atoms with E-state index in [-0.39, 0.29) is 5.69 Å². The van der Waals surface area contributed by atoms with Gasteiger partial charge < -0.3 is 9.47 Å². The number of ether oxygens (including phenoxy) is 2. The van der Waals surface area contributed by atoms with Crippen LogP contribution in [0.5, 0.6) is 5.75 Å². The molecule has 5 nitrogen and oxygen atoms in total. The van der Waals surface area contributed by atoms with Gasteiger partial charge in [0.05, 0.1) is 19.9 Å². The summed E-state index contributed by atoms with van der Waals surface area (Å²) in [6.45, 7) is 0. The number of aromatic amines is 1. The number of aromatic nitrogens is 2. The summed E-state index contributed by atoms with van der Waals surface area (Å²) in [6.07, 6.45) is 0. The molecule has 0 atom stereocenters. The molecule has 94 valence electrons. The fourth-order valence-electron chi connectivity index (χ4n) is 1.55. The van der Waals surface area contributed by atoms with Crippen molar-refractivity contribution >= 4 is 17.6 Å². The van der Waals surface area contributed by atoms with Crippen LogP contribution in [0.4, 0.5) is 0 Å². The molecule has 0 fully saturated rings. The van der Waals surface area contributed by atoms with Crippen LogP contribution in [0.25, 0.3) is 11.3 Å². The summed E-state index contributed by atoms with van der Waals surface area (Å²) < 4.78 is 9.82. The van der Waals surface area contributed by atoms with Crippen molar-refractivity contribution in [2.24, 2.45) is 0 Å². The number of rotatable bonds is 3. The molecular formula is C12H11ClN2O3. The van der Waals surface area contributed by atoms with Crippen molar-refractivity contribution in [1.82, 2.24) is 10.2 Å². The van der Waals surface area contributed by atoms with Crippen LogP contribution in [-0.2, 0) is 4.74 Å². The van der Waals surface area contributed by atoms with E-state index in [4.69, 9.17) is 16.3 Å². The zero-order valence-electron chi connectivity index (χ0n) is 9.86. The van der Waals surface area contributed by atoms with E-state index in [1.807, 2.05) is 0 Å². The Morgan fingerprint density at radius 2 is 2.11 bits per heavy atom. The Morgan fingerprint density at radius 3 is 2.78 bits per heavy atom. The molecule has 0 aliphatic heterocycles. The largest absolute Gasteiger partial charge is 0.496 e. The minimum Gasteiger partial charge on any atom is -0.496 e. The predicted molar refractivity (Wildman–Crippen MR) is 66.9 cm³/mol. The summed E-state index contributed by atoms with van der Waals surface area (Å²) in [5.74, 6) is 0.118. The maximum atomic E-state index is 11.3. The van der Waals surface area contributed by atoms with Crippen molar-refractivity contribution in [3.05, 3.63) is 35.0 Å². The number of nitrogens with one attached hydrogen (secondary N) is 1. The van der Waals surface area contributed by atoms with Gasteiger partial charge in [-0.15, -0.1) is 0 Å². The van der Waals surface area contributed by atoms with Crippen LogP contribution in [0.1, 0.15) is 10.5 Å². The van der Waals surface area contributed by atoms with Crippen LogP contribution in [0, 0.1) is 0 Å². The average Bonchev–Trinajstić information content (AvgIpc) is 2.87. The quantitative estimate of drug-likeness (QED) is 0.867. The molecule has 0 bridgehead atoms. The average molecular weight is 267 g/mol. The maximum Gasteiger partial charge on any atom is 0.356 e. The van der Waals surface area contributed by atoms with Gasteiger partial charge >= 0.3 is 5.97 Å². The molecule has 1 N–H and O–H groups in total. The fraction of sp³-hybridized carbons (Fsp3) is 0.167. The topological polar surface area (TPSA) is 64.2 Å². The first-order valence-corrected chi connectivity index (χ1v) is 5.51. The maximum absolute atomic E-state index is 11.3. The highest BCUT2D eigenvalue weighted by Crippen LogP contribution is 2.31. The van der Waals surface area contributed by atoms with Crippen molar-refractivity contribution in [2.75, 3.05) is 14.2 Å². The first-order chi connectivity index (χ1) is 8.65. The van der Waals surface area contributed by atoms with Gasteiger partial charge in [0, 0.05) is 10.6 Å². The van der Waals surface area contributed by atoms with E-state index in [1.54, 1.807) is 31.4 Å². The molecular weight excluding hydrogens is 256 g/mol. The third-order valence-electron chi connectivity index (χ3n) is 2.42. The second-order valence-corrected chi connectivity index (χ2v) is 3.94. The van der Waals surface area contributed by atoms with Gasteiger partial charge in [-0.1, -0.05) is 11.6 Å². The zero-order valence-corrected chi connectivity index (χ0v) is 10.6. The summed E-state index contributed by atoms with van der Waals surface area (Å²) in [5, 5.41) is 7.22. The van der Waals surface area contributed by atoms with Crippen LogP contribution >= 0.6 is 11.6 Å². The summed E-state index contributed by atoms with van der Waals surface area (Å²) >= 11 is 5.88. The molecule has 0 radical (unpaired) electrons. The molecule has 0 aliphatic rings. The third kappa shape index (κ3) is 2.31. The summed E-state index contributed by atoms with van der Waals surface area (Å²) in [5.41, 5.74) is 1.61. The molecule has 1 aromatic carbocycles. The van der Waals surface area contributed by atoms with Gasteiger partial charge in [-0.3, -0.25) is 5.10 Å². The Kier molecular flexibility index (Phi) is 3.53. The van der Waals surface area contributed by atoms with Crippen LogP contribution in [0.3, 0.4) is 0 Å². The highest BCUT2D eigenvalue weighted by atomic mass is 35.5. The summed E-state index contributed by atoms with van der Waals surface area (Å²) in [6, 6.07) is 6.78. The molecule has 1 heterocycles. The number of hydrogen-bond donors (Lipinski definition) is 1. The van der Waals surface area contributed by atoms with Crippen molar-refractivity contribution < 1.29 is 14.3 Å². The van der Waals surface area contributed by atoms with E-state index in [0.717, 1.165) is 5.56 Å². The summed E-state index contributed by atoms with van der Waals surface area (Å²) in [7, 11) is 2.86. The van der Waals surface area contributed by atoms with Gasteiger partial charge in [0.15, 0.2) is 0 Å². The van der Waals surface area contributed by atoms with Gasteiger partial charge in [-0.2, -0.15) is 5.10 Å². The third-order valence-corrected chi connectivity index (χ3v) is 2.66. The van der Waals surface area contributed by atoms with E-state index in [0.29, 0.717) is 16.5 Å². The van der Waals surface area contributed by atoms with Gasteiger partial charge in [0.25, 0.3) is 0 Å². The number of esters is 1. The SMILES string of the molecule is COC(=O)c1cc(-c2ccc(Cl)cc2OC)n[nH]1. The lowest BCUT2D eigenvalue weighted by molar-refractivity contribution is 0.0594. The Balaban J connectivity index is 2.42. The number of hydrogen-bond acceptors (Lipinski definition) is 4. The lowest BCUT2D eigenvalue weighted by Gasteiger charge is -2.05. The standard InChI is InChI=1S/C12H11ClN2O3/c1-17-11-5-7(13)3-4-8(11)9-6-10(15-14-9)12(16)18-2/h3-6H,1-2H3,(H,14,15). The van der Waals surface area contributed by atoms with Gasteiger partial charge in [0.2, 0.25) is 0 Å². The number of H-pyrrole nitrogens is 1. The molecule has 0 amide bonds. The predicted octanol–water partition coefficient (Wildman–Crippen LogP) is 2.53. The molecule has 6 heteroatoms. The van der Waals surface area contributed by atoms with Gasteiger partial charge in [0.1, 0.15) is 11.4 Å². The molecule has 18 heavy (non-hydrogen) atoms. The molecule has 0 spiro atoms. The minimum absolute atomic E-state index is 0.282. The monoisotopic (exact) mass is 266 g/mol. The normalized spacial score (nSPS) is 10.2. The number of halogens is 1. The number of carbonyl (C=O) groups is 1. The number of carbonyl (C=O) groups excluding carboxylic acids is 1. The van der Waals surface area contributed by atoms with Crippen LogP contribution in [-0.4, -0.2) is 30.4 Å². The Hall–Kier alpha value is -2.01. The first kappa shape index (κ1) is 12.4. The van der Waals surface area contributed by atoms with E-state index >= 15 is 0 Å². The molecule has 0 saturated heterocycles. The smallest absolute Gasteiger partial charge is 0.356 e. The zero-order chi connectivity index (χ0) is 13.1. The lowest BCUT2D eigenvalue weighted by atomic mass is 10.1. The highest BCUT2D eigenvalue weighted by molar-refractivity contribution is 6.30. The molecule has 2 rings (SSSR count). The van der Waals surface area contributed by atoms with E-state index in [1.165, 1.54) is 7.11 Å². The molecule has 1 aromatic heterocycles. The van der Waals surface area contributed by atoms with Crippen molar-refractivity contribution in [2.45, 2.75) is 0 Å².